The molecule has 0 aromatic carbocycles. The molecular formula is C19H30N2OS. The minimum atomic E-state index is 0.752. The van der Waals surface area contributed by atoms with Gasteiger partial charge < -0.3 is 4.74 Å². The van der Waals surface area contributed by atoms with E-state index in [2.05, 4.69) is 33.3 Å². The Bertz CT molecular complexity index is 491. The maximum absolute atomic E-state index is 5.51. The standard InChI is InChI=1S/C19H30N2OS/c1-2-5-16(4-1)19-8-7-18(23-19)15-20-9-3-6-17(14-20)21-10-12-22-13-11-21/h7-8,16-17H,1-6,9-15H2. The summed E-state index contributed by atoms with van der Waals surface area (Å²) in [5.41, 5.74) is 0. The lowest BCUT2D eigenvalue weighted by atomic mass is 10.0. The number of nitrogens with zero attached hydrogens (tertiary/aromatic N) is 2. The van der Waals surface area contributed by atoms with Gasteiger partial charge in [0.05, 0.1) is 13.2 Å². The Balaban J connectivity index is 1.33. The second kappa shape index (κ2) is 7.64. The van der Waals surface area contributed by atoms with Gasteiger partial charge in [0.1, 0.15) is 0 Å². The molecule has 0 spiro atoms. The van der Waals surface area contributed by atoms with Crippen molar-refractivity contribution in [2.24, 2.45) is 0 Å². The lowest BCUT2D eigenvalue weighted by Gasteiger charge is -2.40. The third-order valence-corrected chi connectivity index (χ3v) is 7.09. The molecule has 3 fully saturated rings. The Morgan fingerprint density at radius 3 is 2.65 bits per heavy atom. The highest BCUT2D eigenvalue weighted by Crippen LogP contribution is 2.38. The number of hydrogen-bond donors (Lipinski definition) is 0. The highest BCUT2D eigenvalue weighted by atomic mass is 32.1. The van der Waals surface area contributed by atoms with E-state index < -0.39 is 0 Å². The normalized spacial score (nSPS) is 28.4. The topological polar surface area (TPSA) is 15.7 Å². The van der Waals surface area contributed by atoms with Gasteiger partial charge in [0.2, 0.25) is 0 Å². The van der Waals surface area contributed by atoms with E-state index in [1.54, 1.807) is 9.75 Å². The summed E-state index contributed by atoms with van der Waals surface area (Å²) in [5, 5.41) is 0. The fraction of sp³-hybridized carbons (Fsp3) is 0.789. The molecule has 4 rings (SSSR count). The van der Waals surface area contributed by atoms with Gasteiger partial charge in [-0.3, -0.25) is 9.80 Å². The van der Waals surface area contributed by atoms with Crippen LogP contribution in [0.4, 0.5) is 0 Å². The molecule has 4 heteroatoms. The van der Waals surface area contributed by atoms with Crippen molar-refractivity contribution >= 4 is 11.3 Å². The molecule has 1 aliphatic carbocycles. The van der Waals surface area contributed by atoms with Crippen LogP contribution in [0.3, 0.4) is 0 Å². The first kappa shape index (κ1) is 16.1. The molecule has 0 radical (unpaired) electrons. The number of ether oxygens (including phenoxy) is 1. The van der Waals surface area contributed by atoms with Crippen LogP contribution < -0.4 is 0 Å². The second-order valence-electron chi connectivity index (χ2n) is 7.46. The van der Waals surface area contributed by atoms with Gasteiger partial charge in [-0.05, 0) is 50.3 Å². The molecule has 3 heterocycles. The average Bonchev–Trinajstić information content (AvgIpc) is 3.27. The number of thiophene rings is 1. The van der Waals surface area contributed by atoms with Crippen molar-refractivity contribution in [1.82, 2.24) is 9.80 Å². The third-order valence-electron chi connectivity index (χ3n) is 5.86. The molecule has 3 aliphatic rings. The fourth-order valence-corrected chi connectivity index (χ4v) is 5.77. The number of likely N-dealkylation sites (tertiary alicyclic amines) is 1. The van der Waals surface area contributed by atoms with Crippen LogP contribution in [-0.4, -0.2) is 55.2 Å². The number of hydrogen-bond acceptors (Lipinski definition) is 4. The Kier molecular flexibility index (Phi) is 5.34. The van der Waals surface area contributed by atoms with Gasteiger partial charge in [-0.1, -0.05) is 12.8 Å². The molecule has 0 bridgehead atoms. The maximum Gasteiger partial charge on any atom is 0.0594 e. The molecular weight excluding hydrogens is 304 g/mol. The molecule has 128 valence electrons. The second-order valence-corrected chi connectivity index (χ2v) is 8.66. The van der Waals surface area contributed by atoms with Crippen LogP contribution in [-0.2, 0) is 11.3 Å². The van der Waals surface area contributed by atoms with Crippen molar-refractivity contribution in [2.75, 3.05) is 39.4 Å². The van der Waals surface area contributed by atoms with E-state index in [0.717, 1.165) is 44.8 Å². The van der Waals surface area contributed by atoms with E-state index in [9.17, 15) is 0 Å². The van der Waals surface area contributed by atoms with Crippen LogP contribution in [0.2, 0.25) is 0 Å². The van der Waals surface area contributed by atoms with Gasteiger partial charge in [0.15, 0.2) is 0 Å². The summed E-state index contributed by atoms with van der Waals surface area (Å²) in [6.07, 6.45) is 8.43. The van der Waals surface area contributed by atoms with Crippen LogP contribution in [0.15, 0.2) is 12.1 Å². The first-order valence-electron chi connectivity index (χ1n) is 9.51. The summed E-state index contributed by atoms with van der Waals surface area (Å²) >= 11 is 2.09. The molecule has 23 heavy (non-hydrogen) atoms. The van der Waals surface area contributed by atoms with Crippen molar-refractivity contribution in [3.05, 3.63) is 21.9 Å². The number of morpholine rings is 1. The molecule has 0 amide bonds. The summed E-state index contributed by atoms with van der Waals surface area (Å²) < 4.78 is 5.51. The molecule has 1 aromatic heterocycles. The van der Waals surface area contributed by atoms with E-state index >= 15 is 0 Å². The number of rotatable bonds is 4. The highest BCUT2D eigenvalue weighted by molar-refractivity contribution is 7.12. The van der Waals surface area contributed by atoms with Crippen LogP contribution in [0.25, 0.3) is 0 Å². The average molecular weight is 335 g/mol. The van der Waals surface area contributed by atoms with Crippen molar-refractivity contribution in [3.63, 3.8) is 0 Å². The van der Waals surface area contributed by atoms with Gasteiger partial charge in [0.25, 0.3) is 0 Å². The summed E-state index contributed by atoms with van der Waals surface area (Å²) in [4.78, 5) is 8.58. The minimum absolute atomic E-state index is 0.752. The van der Waals surface area contributed by atoms with Crippen LogP contribution in [0.5, 0.6) is 0 Å². The summed E-state index contributed by atoms with van der Waals surface area (Å²) in [6.45, 7) is 7.79. The monoisotopic (exact) mass is 334 g/mol. The third kappa shape index (κ3) is 3.98. The van der Waals surface area contributed by atoms with E-state index in [1.807, 2.05) is 0 Å². The van der Waals surface area contributed by atoms with Gasteiger partial charge in [-0.15, -0.1) is 11.3 Å². The fourth-order valence-electron chi connectivity index (χ4n) is 4.55. The van der Waals surface area contributed by atoms with Crippen molar-refractivity contribution in [1.29, 1.82) is 0 Å². The van der Waals surface area contributed by atoms with Crippen molar-refractivity contribution in [3.8, 4) is 0 Å². The molecule has 1 aromatic rings. The molecule has 2 saturated heterocycles. The highest BCUT2D eigenvalue weighted by Gasteiger charge is 2.27. The molecule has 2 aliphatic heterocycles. The van der Waals surface area contributed by atoms with Crippen LogP contribution in [0.1, 0.15) is 54.2 Å². The SMILES string of the molecule is c1cc(C2CCCC2)sc1CN1CCCC(N2CCOCC2)C1. The van der Waals surface area contributed by atoms with Crippen molar-refractivity contribution < 1.29 is 4.74 Å². The first-order chi connectivity index (χ1) is 11.4. The van der Waals surface area contributed by atoms with E-state index in [1.165, 1.54) is 51.6 Å². The van der Waals surface area contributed by atoms with E-state index in [0.29, 0.717) is 0 Å². The first-order valence-corrected chi connectivity index (χ1v) is 10.3. The Labute approximate surface area is 144 Å². The Morgan fingerprint density at radius 1 is 1.00 bits per heavy atom. The van der Waals surface area contributed by atoms with Gasteiger partial charge in [-0.2, -0.15) is 0 Å². The zero-order chi connectivity index (χ0) is 15.5. The van der Waals surface area contributed by atoms with E-state index in [4.69, 9.17) is 4.74 Å². The molecule has 1 unspecified atom stereocenters. The van der Waals surface area contributed by atoms with Crippen LogP contribution in [0, 0.1) is 0 Å². The molecule has 0 N–H and O–H groups in total. The zero-order valence-corrected chi connectivity index (χ0v) is 15.0. The van der Waals surface area contributed by atoms with Gasteiger partial charge in [0, 0.05) is 42.0 Å². The Morgan fingerprint density at radius 2 is 1.83 bits per heavy atom. The summed E-state index contributed by atoms with van der Waals surface area (Å²) in [6, 6.07) is 5.57. The predicted molar refractivity (Wildman–Crippen MR) is 96.2 cm³/mol. The Hall–Kier alpha value is -0.420. The maximum atomic E-state index is 5.51. The smallest absolute Gasteiger partial charge is 0.0594 e. The van der Waals surface area contributed by atoms with E-state index in [-0.39, 0.29) is 0 Å². The van der Waals surface area contributed by atoms with Gasteiger partial charge >= 0.3 is 0 Å². The lowest BCUT2D eigenvalue weighted by Crippen LogP contribution is -2.51. The minimum Gasteiger partial charge on any atom is -0.379 e. The molecule has 1 saturated carbocycles. The quantitative estimate of drug-likeness (QED) is 0.835. The van der Waals surface area contributed by atoms with Crippen molar-refractivity contribution in [2.45, 2.75) is 57.0 Å². The predicted octanol–water partition coefficient (Wildman–Crippen LogP) is 3.70. The summed E-state index contributed by atoms with van der Waals surface area (Å²) in [7, 11) is 0. The lowest BCUT2D eigenvalue weighted by molar-refractivity contribution is -0.00346. The molecule has 3 nitrogen and oxygen atoms in total. The molecule has 1 atom stereocenters. The largest absolute Gasteiger partial charge is 0.379 e. The van der Waals surface area contributed by atoms with Crippen LogP contribution >= 0.6 is 11.3 Å². The zero-order valence-electron chi connectivity index (χ0n) is 14.2. The summed E-state index contributed by atoms with van der Waals surface area (Å²) in [5.74, 6) is 0.871. The number of piperidine rings is 1. The van der Waals surface area contributed by atoms with Gasteiger partial charge in [-0.25, -0.2) is 0 Å².